The lowest BCUT2D eigenvalue weighted by Gasteiger charge is -2.21. The molecule has 2 rings (SSSR count). The number of piperidine rings is 1. The van der Waals surface area contributed by atoms with Crippen molar-refractivity contribution in [3.8, 4) is 0 Å². The highest BCUT2D eigenvalue weighted by Gasteiger charge is 2.28. The van der Waals surface area contributed by atoms with Gasteiger partial charge >= 0.3 is 0 Å². The molecule has 0 aromatic carbocycles. The first-order chi connectivity index (χ1) is 8.06. The topological polar surface area (TPSA) is 104 Å². The van der Waals surface area contributed by atoms with Crippen molar-refractivity contribution in [3.05, 3.63) is 17.5 Å². The Kier molecular flexibility index (Phi) is 2.90. The lowest BCUT2D eigenvalue weighted by molar-refractivity contribution is -0.134. The Morgan fingerprint density at radius 3 is 2.88 bits per heavy atom. The van der Waals surface area contributed by atoms with E-state index >= 15 is 0 Å². The fraction of sp³-hybridized carbons (Fsp3) is 0.400. The van der Waals surface area contributed by atoms with Crippen LogP contribution in [0.4, 0.5) is 0 Å². The normalized spacial score (nSPS) is 19.9. The van der Waals surface area contributed by atoms with Crippen LogP contribution < -0.4 is 10.6 Å². The molecule has 1 unspecified atom stereocenters. The van der Waals surface area contributed by atoms with Crippen LogP contribution in [0.25, 0.3) is 0 Å². The maximum Gasteiger partial charge on any atom is 0.272 e. The number of carbonyl (C=O) groups is 3. The van der Waals surface area contributed by atoms with Gasteiger partial charge in [-0.05, 0) is 19.4 Å². The predicted molar refractivity (Wildman–Crippen MR) is 57.0 cm³/mol. The van der Waals surface area contributed by atoms with Crippen LogP contribution in [-0.4, -0.2) is 34.0 Å². The van der Waals surface area contributed by atoms with Gasteiger partial charge in [0.25, 0.3) is 5.91 Å². The van der Waals surface area contributed by atoms with Gasteiger partial charge < -0.3 is 5.32 Å². The van der Waals surface area contributed by atoms with E-state index in [0.717, 1.165) is 5.69 Å². The third-order valence-electron chi connectivity index (χ3n) is 2.48. The standard InChI is InChI=1S/C10H12N4O3/c1-5-4-7(14-13-5)10(17)11-6-2-3-8(15)12-9(6)16/h4,6H,2-3H2,1H3,(H,11,17)(H,13,14)(H,12,15,16). The minimum Gasteiger partial charge on any atom is -0.339 e. The first kappa shape index (κ1) is 11.3. The second kappa shape index (κ2) is 4.36. The number of nitrogens with zero attached hydrogens (tertiary/aromatic N) is 1. The van der Waals surface area contributed by atoms with Gasteiger partial charge in [-0.3, -0.25) is 24.8 Å². The van der Waals surface area contributed by atoms with E-state index < -0.39 is 17.9 Å². The van der Waals surface area contributed by atoms with Crippen LogP contribution in [0.3, 0.4) is 0 Å². The number of aromatic amines is 1. The Morgan fingerprint density at radius 2 is 2.29 bits per heavy atom. The largest absolute Gasteiger partial charge is 0.339 e. The molecule has 1 atom stereocenters. The molecule has 1 aromatic rings. The highest BCUT2D eigenvalue weighted by atomic mass is 16.2. The van der Waals surface area contributed by atoms with E-state index in [0.29, 0.717) is 6.42 Å². The zero-order chi connectivity index (χ0) is 12.4. The Labute approximate surface area is 97.0 Å². The van der Waals surface area contributed by atoms with E-state index in [1.54, 1.807) is 13.0 Å². The zero-order valence-electron chi connectivity index (χ0n) is 9.24. The van der Waals surface area contributed by atoms with Crippen molar-refractivity contribution in [3.63, 3.8) is 0 Å². The summed E-state index contributed by atoms with van der Waals surface area (Å²) in [6.45, 7) is 1.77. The molecule has 7 nitrogen and oxygen atoms in total. The molecule has 7 heteroatoms. The van der Waals surface area contributed by atoms with Crippen LogP contribution in [0.5, 0.6) is 0 Å². The van der Waals surface area contributed by atoms with Crippen LogP contribution >= 0.6 is 0 Å². The molecule has 1 aliphatic rings. The summed E-state index contributed by atoms with van der Waals surface area (Å²) in [6.07, 6.45) is 0.552. The molecule has 3 N–H and O–H groups in total. The van der Waals surface area contributed by atoms with Crippen LogP contribution in [0.15, 0.2) is 6.07 Å². The van der Waals surface area contributed by atoms with Crippen molar-refractivity contribution in [1.82, 2.24) is 20.8 Å². The third-order valence-corrected chi connectivity index (χ3v) is 2.48. The Balaban J connectivity index is 1.99. The maximum atomic E-state index is 11.7. The number of hydrogen-bond acceptors (Lipinski definition) is 4. The molecule has 0 radical (unpaired) electrons. The zero-order valence-corrected chi connectivity index (χ0v) is 9.24. The van der Waals surface area contributed by atoms with Gasteiger partial charge in [-0.15, -0.1) is 0 Å². The number of carbonyl (C=O) groups excluding carboxylic acids is 3. The number of amides is 3. The van der Waals surface area contributed by atoms with Crippen molar-refractivity contribution >= 4 is 17.7 Å². The van der Waals surface area contributed by atoms with Crippen LogP contribution in [-0.2, 0) is 9.59 Å². The SMILES string of the molecule is Cc1cc(C(=O)NC2CCC(=O)NC2=O)n[nH]1. The van der Waals surface area contributed by atoms with E-state index in [4.69, 9.17) is 0 Å². The summed E-state index contributed by atoms with van der Waals surface area (Å²) in [7, 11) is 0. The molecule has 90 valence electrons. The van der Waals surface area contributed by atoms with Crippen molar-refractivity contribution in [2.45, 2.75) is 25.8 Å². The minimum absolute atomic E-state index is 0.229. The molecule has 0 aliphatic carbocycles. The minimum atomic E-state index is -0.669. The fourth-order valence-corrected chi connectivity index (χ4v) is 1.60. The summed E-state index contributed by atoms with van der Waals surface area (Å²) in [5.41, 5.74) is 0.991. The van der Waals surface area contributed by atoms with Gasteiger partial charge in [-0.2, -0.15) is 5.10 Å². The lowest BCUT2D eigenvalue weighted by atomic mass is 10.1. The monoisotopic (exact) mass is 236 g/mol. The summed E-state index contributed by atoms with van der Waals surface area (Å²) < 4.78 is 0. The highest BCUT2D eigenvalue weighted by Crippen LogP contribution is 2.06. The number of aromatic nitrogens is 2. The van der Waals surface area contributed by atoms with Crippen molar-refractivity contribution in [2.24, 2.45) is 0 Å². The molecule has 2 heterocycles. The van der Waals surface area contributed by atoms with Gasteiger partial charge in [0, 0.05) is 12.1 Å². The first-order valence-electron chi connectivity index (χ1n) is 5.23. The molecular weight excluding hydrogens is 224 g/mol. The van der Waals surface area contributed by atoms with Gasteiger partial charge in [-0.1, -0.05) is 0 Å². The Hall–Kier alpha value is -2.18. The van der Waals surface area contributed by atoms with E-state index in [-0.39, 0.29) is 18.0 Å². The average molecular weight is 236 g/mol. The molecule has 1 fully saturated rings. The molecule has 0 bridgehead atoms. The molecule has 1 aliphatic heterocycles. The molecule has 0 spiro atoms. The Morgan fingerprint density at radius 1 is 1.53 bits per heavy atom. The molecule has 0 saturated carbocycles. The highest BCUT2D eigenvalue weighted by molar-refractivity contribution is 6.03. The Bertz CT molecular complexity index is 480. The lowest BCUT2D eigenvalue weighted by Crippen LogP contribution is -2.52. The second-order valence-corrected chi connectivity index (χ2v) is 3.91. The average Bonchev–Trinajstić information content (AvgIpc) is 2.69. The number of H-pyrrole nitrogens is 1. The summed E-state index contributed by atoms with van der Waals surface area (Å²) >= 11 is 0. The third kappa shape index (κ3) is 2.49. The molecular formula is C10H12N4O3. The predicted octanol–water partition coefficient (Wildman–Crippen LogP) is -0.747. The van der Waals surface area contributed by atoms with Gasteiger partial charge in [0.15, 0.2) is 0 Å². The summed E-state index contributed by atoms with van der Waals surface area (Å²) in [5, 5.41) is 11.1. The van der Waals surface area contributed by atoms with Gasteiger partial charge in [0.1, 0.15) is 11.7 Å². The van der Waals surface area contributed by atoms with Crippen molar-refractivity contribution in [2.75, 3.05) is 0 Å². The van der Waals surface area contributed by atoms with E-state index in [2.05, 4.69) is 20.8 Å². The van der Waals surface area contributed by atoms with E-state index in [1.165, 1.54) is 0 Å². The molecule has 1 saturated heterocycles. The number of nitrogens with one attached hydrogen (secondary N) is 3. The number of imide groups is 1. The quantitative estimate of drug-likeness (QED) is 0.588. The van der Waals surface area contributed by atoms with Crippen molar-refractivity contribution < 1.29 is 14.4 Å². The van der Waals surface area contributed by atoms with E-state index in [1.807, 2.05) is 0 Å². The number of hydrogen-bond donors (Lipinski definition) is 3. The molecule has 1 aromatic heterocycles. The van der Waals surface area contributed by atoms with Gasteiger partial charge in [-0.25, -0.2) is 0 Å². The smallest absolute Gasteiger partial charge is 0.272 e. The van der Waals surface area contributed by atoms with E-state index in [9.17, 15) is 14.4 Å². The van der Waals surface area contributed by atoms with Crippen LogP contribution in [0, 0.1) is 6.92 Å². The molecule has 3 amide bonds. The molecule has 17 heavy (non-hydrogen) atoms. The summed E-state index contributed by atoms with van der Waals surface area (Å²) in [6, 6.07) is 0.915. The maximum absolute atomic E-state index is 11.7. The van der Waals surface area contributed by atoms with Crippen LogP contribution in [0.1, 0.15) is 29.0 Å². The summed E-state index contributed by atoms with van der Waals surface area (Å²) in [4.78, 5) is 34.0. The van der Waals surface area contributed by atoms with Crippen molar-refractivity contribution in [1.29, 1.82) is 0 Å². The fourth-order valence-electron chi connectivity index (χ4n) is 1.60. The number of aryl methyl sites for hydroxylation is 1. The number of rotatable bonds is 2. The van der Waals surface area contributed by atoms with Crippen LogP contribution in [0.2, 0.25) is 0 Å². The second-order valence-electron chi connectivity index (χ2n) is 3.91. The van der Waals surface area contributed by atoms with Gasteiger partial charge in [0.2, 0.25) is 11.8 Å². The summed E-state index contributed by atoms with van der Waals surface area (Å²) in [5.74, 6) is -1.21. The van der Waals surface area contributed by atoms with Gasteiger partial charge in [0.05, 0.1) is 0 Å². The first-order valence-corrected chi connectivity index (χ1v) is 5.23.